The lowest BCUT2D eigenvalue weighted by atomic mass is 10.2. The molecular weight excluding hydrogens is 403 g/mol. The number of nitrogens with zero attached hydrogens (tertiary/aromatic N) is 3. The molecule has 1 aliphatic heterocycles. The average molecular weight is 432 g/mol. The molecule has 6 nitrogen and oxygen atoms in total. The van der Waals surface area contributed by atoms with E-state index >= 15 is 0 Å². The Morgan fingerprint density at radius 1 is 1.43 bits per heavy atom. The van der Waals surface area contributed by atoms with E-state index in [1.54, 1.807) is 20.9 Å². The molecule has 8 heteroatoms. The molecule has 0 aliphatic carbocycles. The molecule has 0 radical (unpaired) electrons. The third-order valence-electron chi connectivity index (χ3n) is 3.99. The molecule has 1 aliphatic rings. The van der Waals surface area contributed by atoms with Gasteiger partial charge >= 0.3 is 0 Å². The molecule has 0 aromatic heterocycles. The van der Waals surface area contributed by atoms with Crippen LogP contribution in [0.3, 0.4) is 0 Å². The van der Waals surface area contributed by atoms with Crippen LogP contribution in [0.1, 0.15) is 20.8 Å². The number of hydrogen-bond acceptors (Lipinski definition) is 4. The van der Waals surface area contributed by atoms with E-state index in [0.29, 0.717) is 19.1 Å². The lowest BCUT2D eigenvalue weighted by Gasteiger charge is -2.39. The summed E-state index contributed by atoms with van der Waals surface area (Å²) in [6, 6.07) is 0.383. The van der Waals surface area contributed by atoms with Gasteiger partial charge in [0.15, 0.2) is 15.8 Å². The normalized spacial score (nSPS) is 22.6. The van der Waals surface area contributed by atoms with Crippen molar-refractivity contribution in [1.82, 2.24) is 15.1 Å². The standard InChI is InChI=1S/C13H28N4O2S.HI/c1-11(16(5)6)9-15-12(14-4)17-7-8-20(18,19)13(2,3)10-17;/h11H,7-10H2,1-6H3,(H,14,15);1H. The Labute approximate surface area is 146 Å². The fourth-order valence-corrected chi connectivity index (χ4v) is 3.44. The number of sulfone groups is 1. The van der Waals surface area contributed by atoms with Crippen molar-refractivity contribution >= 4 is 39.8 Å². The van der Waals surface area contributed by atoms with Crippen molar-refractivity contribution in [2.45, 2.75) is 31.6 Å². The number of guanidine groups is 1. The van der Waals surface area contributed by atoms with Crippen molar-refractivity contribution in [1.29, 1.82) is 0 Å². The molecule has 1 unspecified atom stereocenters. The van der Waals surface area contributed by atoms with E-state index in [1.807, 2.05) is 19.0 Å². The van der Waals surface area contributed by atoms with E-state index in [2.05, 4.69) is 22.1 Å². The molecule has 1 rings (SSSR count). The summed E-state index contributed by atoms with van der Waals surface area (Å²) in [6.07, 6.45) is 0. The molecular formula is C13H29IN4O2S. The summed E-state index contributed by atoms with van der Waals surface area (Å²) in [7, 11) is 2.79. The summed E-state index contributed by atoms with van der Waals surface area (Å²) in [5.41, 5.74) is 0. The van der Waals surface area contributed by atoms with Crippen molar-refractivity contribution in [3.63, 3.8) is 0 Å². The second-order valence-electron chi connectivity index (χ2n) is 6.24. The van der Waals surface area contributed by atoms with Gasteiger partial charge in [-0.25, -0.2) is 8.42 Å². The van der Waals surface area contributed by atoms with E-state index in [1.165, 1.54) is 0 Å². The summed E-state index contributed by atoms with van der Waals surface area (Å²) >= 11 is 0. The van der Waals surface area contributed by atoms with Crippen molar-refractivity contribution in [2.24, 2.45) is 4.99 Å². The minimum Gasteiger partial charge on any atom is -0.355 e. The topological polar surface area (TPSA) is 65.0 Å². The predicted molar refractivity (Wildman–Crippen MR) is 99.4 cm³/mol. The summed E-state index contributed by atoms with van der Waals surface area (Å²) in [6.45, 7) is 7.45. The van der Waals surface area contributed by atoms with Gasteiger partial charge in [0, 0.05) is 32.7 Å². The Hall–Kier alpha value is -0.0900. The van der Waals surface area contributed by atoms with E-state index in [-0.39, 0.29) is 29.7 Å². The van der Waals surface area contributed by atoms with Crippen molar-refractivity contribution in [3.8, 4) is 0 Å². The summed E-state index contributed by atoms with van der Waals surface area (Å²) in [5.74, 6) is 0.964. The Morgan fingerprint density at radius 3 is 2.43 bits per heavy atom. The van der Waals surface area contributed by atoms with Crippen molar-refractivity contribution < 1.29 is 8.42 Å². The zero-order chi connectivity index (χ0) is 15.6. The molecule has 1 heterocycles. The van der Waals surface area contributed by atoms with Crippen LogP contribution in [-0.4, -0.2) is 81.5 Å². The highest BCUT2D eigenvalue weighted by Crippen LogP contribution is 2.23. The fourth-order valence-electron chi connectivity index (χ4n) is 2.08. The van der Waals surface area contributed by atoms with Crippen LogP contribution in [0.25, 0.3) is 0 Å². The maximum atomic E-state index is 12.0. The van der Waals surface area contributed by atoms with Gasteiger partial charge in [-0.3, -0.25) is 4.99 Å². The van der Waals surface area contributed by atoms with E-state index in [9.17, 15) is 8.42 Å². The van der Waals surface area contributed by atoms with Crippen LogP contribution in [0.2, 0.25) is 0 Å². The first-order chi connectivity index (χ1) is 9.10. The zero-order valence-corrected chi connectivity index (χ0v) is 17.0. The van der Waals surface area contributed by atoms with Crippen LogP contribution in [0, 0.1) is 0 Å². The molecule has 0 spiro atoms. The Morgan fingerprint density at radius 2 is 2.00 bits per heavy atom. The van der Waals surface area contributed by atoms with Gasteiger partial charge < -0.3 is 15.1 Å². The highest BCUT2D eigenvalue weighted by Gasteiger charge is 2.40. The number of likely N-dealkylation sites (N-methyl/N-ethyl adjacent to an activating group) is 1. The van der Waals surface area contributed by atoms with Crippen LogP contribution >= 0.6 is 24.0 Å². The molecule has 21 heavy (non-hydrogen) atoms. The van der Waals surface area contributed by atoms with Crippen molar-refractivity contribution in [3.05, 3.63) is 0 Å². The second kappa shape index (κ2) is 7.96. The van der Waals surface area contributed by atoms with Crippen LogP contribution in [-0.2, 0) is 9.84 Å². The highest BCUT2D eigenvalue weighted by atomic mass is 127. The highest BCUT2D eigenvalue weighted by molar-refractivity contribution is 14.0. The van der Waals surface area contributed by atoms with Gasteiger partial charge in [0.25, 0.3) is 0 Å². The van der Waals surface area contributed by atoms with Gasteiger partial charge in [-0.05, 0) is 34.9 Å². The molecule has 1 atom stereocenters. The molecule has 0 aromatic rings. The number of rotatable bonds is 3. The van der Waals surface area contributed by atoms with Crippen LogP contribution in [0.4, 0.5) is 0 Å². The Kier molecular flexibility index (Phi) is 7.92. The minimum absolute atomic E-state index is 0. The van der Waals surface area contributed by atoms with Gasteiger partial charge in [-0.1, -0.05) is 0 Å². The smallest absolute Gasteiger partial charge is 0.193 e. The van der Waals surface area contributed by atoms with E-state index in [0.717, 1.165) is 12.5 Å². The lowest BCUT2D eigenvalue weighted by Crippen LogP contribution is -2.58. The third kappa shape index (κ3) is 5.24. The fraction of sp³-hybridized carbons (Fsp3) is 0.923. The monoisotopic (exact) mass is 432 g/mol. The second-order valence-corrected chi connectivity index (χ2v) is 8.98. The van der Waals surface area contributed by atoms with Gasteiger partial charge in [0.05, 0.1) is 10.5 Å². The first kappa shape index (κ1) is 20.9. The molecule has 0 bridgehead atoms. The summed E-state index contributed by atoms with van der Waals surface area (Å²) in [4.78, 5) is 8.44. The molecule has 126 valence electrons. The predicted octanol–water partition coefficient (Wildman–Crippen LogP) is 0.639. The summed E-state index contributed by atoms with van der Waals surface area (Å²) < 4.78 is 23.3. The van der Waals surface area contributed by atoms with E-state index in [4.69, 9.17) is 0 Å². The van der Waals surface area contributed by atoms with Crippen LogP contribution in [0.5, 0.6) is 0 Å². The number of aliphatic imine (C=N–C) groups is 1. The largest absolute Gasteiger partial charge is 0.355 e. The van der Waals surface area contributed by atoms with Gasteiger partial charge in [0.1, 0.15) is 0 Å². The number of hydrogen-bond donors (Lipinski definition) is 1. The molecule has 0 aromatic carbocycles. The average Bonchev–Trinajstić information content (AvgIpc) is 2.33. The lowest BCUT2D eigenvalue weighted by molar-refractivity contribution is 0.304. The minimum atomic E-state index is -3.01. The number of halogens is 1. The molecule has 0 saturated carbocycles. The molecule has 1 N–H and O–H groups in total. The quantitative estimate of drug-likeness (QED) is 0.403. The van der Waals surface area contributed by atoms with Crippen LogP contribution < -0.4 is 5.32 Å². The SMILES string of the molecule is CN=C(NCC(C)N(C)C)N1CCS(=O)(=O)C(C)(C)C1.I. The molecule has 1 saturated heterocycles. The first-order valence-electron chi connectivity index (χ1n) is 6.95. The van der Waals surface area contributed by atoms with Gasteiger partial charge in [-0.15, -0.1) is 24.0 Å². The summed E-state index contributed by atoms with van der Waals surface area (Å²) in [5, 5.41) is 3.32. The van der Waals surface area contributed by atoms with Gasteiger partial charge in [0.2, 0.25) is 0 Å². The zero-order valence-electron chi connectivity index (χ0n) is 13.9. The Balaban J connectivity index is 0.00000400. The molecule has 0 amide bonds. The number of nitrogens with one attached hydrogen (secondary N) is 1. The maximum Gasteiger partial charge on any atom is 0.193 e. The third-order valence-corrected chi connectivity index (χ3v) is 6.52. The van der Waals surface area contributed by atoms with Crippen LogP contribution in [0.15, 0.2) is 4.99 Å². The first-order valence-corrected chi connectivity index (χ1v) is 8.60. The maximum absolute atomic E-state index is 12.0. The Bertz CT molecular complexity index is 463. The molecule has 1 fully saturated rings. The van der Waals surface area contributed by atoms with Gasteiger partial charge in [-0.2, -0.15) is 0 Å². The van der Waals surface area contributed by atoms with Crippen molar-refractivity contribution in [2.75, 3.05) is 46.5 Å². The van der Waals surface area contributed by atoms with E-state index < -0.39 is 14.6 Å².